The first-order valence-corrected chi connectivity index (χ1v) is 9.70. The van der Waals surface area contributed by atoms with E-state index in [0.29, 0.717) is 0 Å². The molecule has 3 aliphatic rings. The first kappa shape index (κ1) is 22.0. The van der Waals surface area contributed by atoms with Crippen molar-refractivity contribution >= 4 is 0 Å². The van der Waals surface area contributed by atoms with E-state index >= 15 is 0 Å². The fraction of sp³-hybridized carbons (Fsp3) is 0.684. The second-order valence-corrected chi connectivity index (χ2v) is 7.53. The van der Waals surface area contributed by atoms with E-state index in [1.807, 2.05) is 30.3 Å². The van der Waals surface area contributed by atoms with Gasteiger partial charge in [-0.05, 0) is 0 Å². The summed E-state index contributed by atoms with van der Waals surface area (Å²) >= 11 is 0. The maximum atomic E-state index is 10.6. The molecule has 3 fully saturated rings. The van der Waals surface area contributed by atoms with Crippen LogP contribution in [0.15, 0.2) is 30.3 Å². The molecule has 0 saturated carbocycles. The molecular formula is C19H26O11. The van der Waals surface area contributed by atoms with Crippen molar-refractivity contribution in [2.45, 2.75) is 67.7 Å². The normalized spacial score (nSPS) is 46.9. The molecule has 1 aromatic rings. The monoisotopic (exact) mass is 430 g/mol. The van der Waals surface area contributed by atoms with Gasteiger partial charge in [-0.3, -0.25) is 0 Å². The minimum absolute atomic E-state index is 0.0440. The maximum absolute atomic E-state index is 10.6. The molecule has 3 saturated heterocycles. The molecule has 3 heterocycles. The Hall–Kier alpha value is -1.22. The van der Waals surface area contributed by atoms with Gasteiger partial charge in [0.2, 0.25) is 0 Å². The Labute approximate surface area is 171 Å². The van der Waals surface area contributed by atoms with Crippen molar-refractivity contribution in [3.05, 3.63) is 35.9 Å². The molecule has 4 rings (SSSR count). The van der Waals surface area contributed by atoms with Crippen molar-refractivity contribution in [1.29, 1.82) is 0 Å². The zero-order chi connectivity index (χ0) is 21.4. The van der Waals surface area contributed by atoms with Crippen LogP contribution in [0, 0.1) is 0 Å². The highest BCUT2D eigenvalue weighted by Crippen LogP contribution is 2.35. The highest BCUT2D eigenvalue weighted by molar-refractivity contribution is 5.16. The molecule has 11 heteroatoms. The van der Waals surface area contributed by atoms with Gasteiger partial charge >= 0.3 is 0 Å². The summed E-state index contributed by atoms with van der Waals surface area (Å²) in [5.74, 6) is 0. The molecule has 6 N–H and O–H groups in total. The Morgan fingerprint density at radius 3 is 2.30 bits per heavy atom. The molecule has 11 atom stereocenters. The summed E-state index contributed by atoms with van der Waals surface area (Å²) in [7, 11) is 0. The first-order chi connectivity index (χ1) is 14.4. The number of ether oxygens (including phenoxy) is 5. The molecule has 11 nitrogen and oxygen atoms in total. The third kappa shape index (κ3) is 4.11. The topological polar surface area (TPSA) is 168 Å². The highest BCUT2D eigenvalue weighted by Gasteiger charge is 2.52. The van der Waals surface area contributed by atoms with Crippen LogP contribution in [0.5, 0.6) is 0 Å². The Morgan fingerprint density at radius 2 is 1.60 bits per heavy atom. The van der Waals surface area contributed by atoms with Crippen LogP contribution in [0.2, 0.25) is 0 Å². The summed E-state index contributed by atoms with van der Waals surface area (Å²) in [5.41, 5.74) is 0.747. The summed E-state index contributed by atoms with van der Waals surface area (Å²) in [4.78, 5) is 0. The van der Waals surface area contributed by atoms with E-state index in [0.717, 1.165) is 5.56 Å². The summed E-state index contributed by atoms with van der Waals surface area (Å²) in [6.07, 6.45) is -14.3. The smallest absolute Gasteiger partial charge is 0.187 e. The molecular weight excluding hydrogens is 404 g/mol. The number of hydrogen-bond acceptors (Lipinski definition) is 11. The lowest BCUT2D eigenvalue weighted by atomic mass is 9.96. The van der Waals surface area contributed by atoms with Crippen LogP contribution in [0.1, 0.15) is 11.9 Å². The third-order valence-corrected chi connectivity index (χ3v) is 5.54. The molecule has 168 valence electrons. The van der Waals surface area contributed by atoms with E-state index < -0.39 is 74.3 Å². The Kier molecular flexibility index (Phi) is 6.67. The third-order valence-electron chi connectivity index (χ3n) is 5.54. The van der Waals surface area contributed by atoms with E-state index in [4.69, 9.17) is 23.7 Å². The van der Waals surface area contributed by atoms with Gasteiger partial charge in [0.25, 0.3) is 0 Å². The first-order valence-electron chi connectivity index (χ1n) is 9.70. The second kappa shape index (κ2) is 9.10. The maximum Gasteiger partial charge on any atom is 0.187 e. The van der Waals surface area contributed by atoms with Crippen molar-refractivity contribution < 1.29 is 54.3 Å². The van der Waals surface area contributed by atoms with E-state index in [1.165, 1.54) is 0 Å². The largest absolute Gasteiger partial charge is 0.394 e. The molecule has 30 heavy (non-hydrogen) atoms. The van der Waals surface area contributed by atoms with Crippen LogP contribution in [-0.4, -0.2) is 105 Å². The minimum atomic E-state index is -1.71. The standard InChI is InChI=1S/C19H26O11/c20-6-9-15(11(21)13(23)17(25)27-9)30-19-14(24)12(22)16-10(28-19)7-26-18(29-16)8-4-2-1-3-5-8/h1-5,9-25H,6-7H2/t9-,10-,11-,12-,13-,14-,15-,16-,17?,18-,19-/m1/s1. The lowest BCUT2D eigenvalue weighted by Gasteiger charge is -2.48. The van der Waals surface area contributed by atoms with Gasteiger partial charge in [0.05, 0.1) is 13.2 Å². The second-order valence-electron chi connectivity index (χ2n) is 7.53. The number of rotatable bonds is 4. The molecule has 1 unspecified atom stereocenters. The molecule has 1 aromatic carbocycles. The predicted molar refractivity (Wildman–Crippen MR) is 95.5 cm³/mol. The molecule has 0 aliphatic carbocycles. The number of hydrogen-bond donors (Lipinski definition) is 6. The van der Waals surface area contributed by atoms with Crippen LogP contribution >= 0.6 is 0 Å². The Morgan fingerprint density at radius 1 is 0.867 bits per heavy atom. The van der Waals surface area contributed by atoms with Gasteiger partial charge in [-0.1, -0.05) is 30.3 Å². The molecule has 0 amide bonds. The van der Waals surface area contributed by atoms with Crippen molar-refractivity contribution in [2.24, 2.45) is 0 Å². The molecule has 0 spiro atoms. The van der Waals surface area contributed by atoms with Crippen molar-refractivity contribution in [2.75, 3.05) is 13.2 Å². The van der Waals surface area contributed by atoms with Crippen molar-refractivity contribution in [3.8, 4) is 0 Å². The van der Waals surface area contributed by atoms with E-state index in [-0.39, 0.29) is 6.61 Å². The number of aliphatic hydroxyl groups excluding tert-OH is 6. The van der Waals surface area contributed by atoms with E-state index in [1.54, 1.807) is 0 Å². The molecule has 0 aromatic heterocycles. The Balaban J connectivity index is 1.44. The van der Waals surface area contributed by atoms with Crippen LogP contribution in [0.3, 0.4) is 0 Å². The summed E-state index contributed by atoms with van der Waals surface area (Å²) < 4.78 is 27.7. The van der Waals surface area contributed by atoms with Crippen LogP contribution < -0.4 is 0 Å². The summed E-state index contributed by atoms with van der Waals surface area (Å²) in [6, 6.07) is 9.10. The lowest BCUT2D eigenvalue weighted by molar-refractivity contribution is -0.384. The average molecular weight is 430 g/mol. The number of fused-ring (bicyclic) bond motifs is 1. The predicted octanol–water partition coefficient (Wildman–Crippen LogP) is -2.64. The van der Waals surface area contributed by atoms with Gasteiger partial charge in [0.15, 0.2) is 18.9 Å². The summed E-state index contributed by atoms with van der Waals surface area (Å²) in [5, 5.41) is 60.2. The van der Waals surface area contributed by atoms with Crippen LogP contribution in [0.4, 0.5) is 0 Å². The van der Waals surface area contributed by atoms with Crippen molar-refractivity contribution in [3.63, 3.8) is 0 Å². The fourth-order valence-electron chi connectivity index (χ4n) is 3.86. The summed E-state index contributed by atoms with van der Waals surface area (Å²) in [6.45, 7) is -0.587. The molecule has 0 bridgehead atoms. The number of benzene rings is 1. The van der Waals surface area contributed by atoms with Gasteiger partial charge in [0.1, 0.15) is 48.8 Å². The zero-order valence-electron chi connectivity index (χ0n) is 15.9. The quantitative estimate of drug-likeness (QED) is 0.295. The van der Waals surface area contributed by atoms with Crippen molar-refractivity contribution in [1.82, 2.24) is 0 Å². The van der Waals surface area contributed by atoms with Gasteiger partial charge in [-0.25, -0.2) is 0 Å². The van der Waals surface area contributed by atoms with E-state index in [2.05, 4.69) is 0 Å². The average Bonchev–Trinajstić information content (AvgIpc) is 2.77. The van der Waals surface area contributed by atoms with Crippen LogP contribution in [0.25, 0.3) is 0 Å². The van der Waals surface area contributed by atoms with Crippen LogP contribution in [-0.2, 0) is 23.7 Å². The number of aliphatic hydroxyl groups is 6. The SMILES string of the molecule is OC[C@H]1OC(O)[C@H](O)[C@@H](O)[C@@H]1O[C@H]1O[C@@H]2CO[C@@H](c3ccccc3)O[C@H]2[C@H](O)[C@H]1O. The van der Waals surface area contributed by atoms with Gasteiger partial charge < -0.3 is 54.3 Å². The van der Waals surface area contributed by atoms with E-state index in [9.17, 15) is 30.6 Å². The molecule has 3 aliphatic heterocycles. The lowest BCUT2D eigenvalue weighted by Crippen LogP contribution is -2.65. The fourth-order valence-corrected chi connectivity index (χ4v) is 3.86. The zero-order valence-corrected chi connectivity index (χ0v) is 15.9. The van der Waals surface area contributed by atoms with Gasteiger partial charge in [-0.2, -0.15) is 0 Å². The Bertz CT molecular complexity index is 686. The minimum Gasteiger partial charge on any atom is -0.394 e. The highest BCUT2D eigenvalue weighted by atomic mass is 16.8. The molecule has 0 radical (unpaired) electrons. The van der Waals surface area contributed by atoms with Gasteiger partial charge in [-0.15, -0.1) is 0 Å². The van der Waals surface area contributed by atoms with Gasteiger partial charge in [0, 0.05) is 5.56 Å².